The van der Waals surface area contributed by atoms with Gasteiger partial charge in [0, 0.05) is 32.3 Å². The van der Waals surface area contributed by atoms with Gasteiger partial charge < -0.3 is 4.98 Å². The smallest absolute Gasteiger partial charge is 0.175 e. The standard InChI is InChI=1S/C19H18INO2S/c1-24(22,23)15-7-8-16-17(12-21-18(16)11-15)19(9-2-10-19)13-3-5-14(20)6-4-13/h3-8,11-12,21H,2,9-10H2,1H3. The van der Waals surface area contributed by atoms with Crippen LogP contribution in [0.15, 0.2) is 53.6 Å². The molecule has 1 heterocycles. The van der Waals surface area contributed by atoms with E-state index in [0.29, 0.717) is 4.90 Å². The zero-order valence-electron chi connectivity index (χ0n) is 13.3. The van der Waals surface area contributed by atoms with Gasteiger partial charge in [0.15, 0.2) is 9.84 Å². The lowest BCUT2D eigenvalue weighted by atomic mass is 9.60. The lowest BCUT2D eigenvalue weighted by Gasteiger charge is -2.42. The summed E-state index contributed by atoms with van der Waals surface area (Å²) in [6.07, 6.45) is 6.80. The van der Waals surface area contributed by atoms with Crippen LogP contribution in [0.3, 0.4) is 0 Å². The van der Waals surface area contributed by atoms with Crippen LogP contribution in [0.2, 0.25) is 0 Å². The molecule has 3 nitrogen and oxygen atoms in total. The Kier molecular flexibility index (Phi) is 3.76. The van der Waals surface area contributed by atoms with Gasteiger partial charge in [-0.05, 0) is 70.8 Å². The highest BCUT2D eigenvalue weighted by molar-refractivity contribution is 14.1. The minimum Gasteiger partial charge on any atom is -0.361 e. The molecule has 0 unspecified atom stereocenters. The molecule has 0 amide bonds. The zero-order valence-corrected chi connectivity index (χ0v) is 16.3. The summed E-state index contributed by atoms with van der Waals surface area (Å²) >= 11 is 2.33. The molecule has 1 aromatic heterocycles. The normalized spacial score (nSPS) is 16.9. The third-order valence-electron chi connectivity index (χ3n) is 5.20. The van der Waals surface area contributed by atoms with E-state index in [1.54, 1.807) is 12.1 Å². The summed E-state index contributed by atoms with van der Waals surface area (Å²) in [5, 5.41) is 1.13. The Balaban J connectivity index is 1.87. The fourth-order valence-electron chi connectivity index (χ4n) is 3.74. The largest absolute Gasteiger partial charge is 0.361 e. The van der Waals surface area contributed by atoms with Crippen LogP contribution in [-0.2, 0) is 15.3 Å². The number of benzene rings is 2. The number of hydrogen-bond donors (Lipinski definition) is 1. The van der Waals surface area contributed by atoms with E-state index in [2.05, 4.69) is 58.0 Å². The van der Waals surface area contributed by atoms with Gasteiger partial charge in [-0.25, -0.2) is 8.42 Å². The fraction of sp³-hybridized carbons (Fsp3) is 0.263. The Bertz CT molecular complexity index is 1020. The Morgan fingerprint density at radius 2 is 1.79 bits per heavy atom. The Hall–Kier alpha value is -1.34. The Morgan fingerprint density at radius 3 is 2.38 bits per heavy atom. The minimum atomic E-state index is -3.19. The summed E-state index contributed by atoms with van der Waals surface area (Å²) < 4.78 is 24.8. The first-order valence-corrected chi connectivity index (χ1v) is 10.9. The van der Waals surface area contributed by atoms with Crippen molar-refractivity contribution in [2.24, 2.45) is 0 Å². The molecule has 0 atom stereocenters. The van der Waals surface area contributed by atoms with Gasteiger partial charge in [0.1, 0.15) is 0 Å². The molecular formula is C19H18INO2S. The van der Waals surface area contributed by atoms with Gasteiger partial charge in [0.25, 0.3) is 0 Å². The quantitative estimate of drug-likeness (QED) is 0.590. The van der Waals surface area contributed by atoms with Gasteiger partial charge in [-0.2, -0.15) is 0 Å². The molecule has 1 aliphatic carbocycles. The first kappa shape index (κ1) is 16.1. The molecule has 4 rings (SSSR count). The monoisotopic (exact) mass is 451 g/mol. The summed E-state index contributed by atoms with van der Waals surface area (Å²) in [7, 11) is -3.19. The molecule has 1 N–H and O–H groups in total. The van der Waals surface area contributed by atoms with Crippen molar-refractivity contribution in [1.82, 2.24) is 4.98 Å². The van der Waals surface area contributed by atoms with E-state index < -0.39 is 9.84 Å². The second-order valence-corrected chi connectivity index (χ2v) is 9.89. The van der Waals surface area contributed by atoms with E-state index >= 15 is 0 Å². The molecule has 0 radical (unpaired) electrons. The van der Waals surface area contributed by atoms with Crippen molar-refractivity contribution >= 4 is 43.3 Å². The molecule has 3 aromatic rings. The number of hydrogen-bond acceptors (Lipinski definition) is 2. The molecule has 1 saturated carbocycles. The van der Waals surface area contributed by atoms with Crippen LogP contribution in [-0.4, -0.2) is 19.7 Å². The van der Waals surface area contributed by atoms with E-state index in [-0.39, 0.29) is 5.41 Å². The van der Waals surface area contributed by atoms with Gasteiger partial charge in [-0.15, -0.1) is 0 Å². The van der Waals surface area contributed by atoms with Crippen molar-refractivity contribution in [3.63, 3.8) is 0 Å². The summed E-state index contributed by atoms with van der Waals surface area (Å²) in [5.41, 5.74) is 3.58. The maximum atomic E-state index is 11.8. The lowest BCUT2D eigenvalue weighted by Crippen LogP contribution is -2.35. The van der Waals surface area contributed by atoms with Crippen molar-refractivity contribution < 1.29 is 8.42 Å². The molecule has 2 aromatic carbocycles. The SMILES string of the molecule is CS(=O)(=O)c1ccc2c(C3(c4ccc(I)cc4)CCC3)c[nH]c2c1. The number of fused-ring (bicyclic) bond motifs is 1. The third kappa shape index (κ3) is 2.49. The highest BCUT2D eigenvalue weighted by Gasteiger charge is 2.41. The van der Waals surface area contributed by atoms with Gasteiger partial charge >= 0.3 is 0 Å². The lowest BCUT2D eigenvalue weighted by molar-refractivity contribution is 0.304. The maximum Gasteiger partial charge on any atom is 0.175 e. The van der Waals surface area contributed by atoms with E-state index in [1.807, 2.05) is 6.07 Å². The molecule has 0 saturated heterocycles. The summed E-state index contributed by atoms with van der Waals surface area (Å²) in [6, 6.07) is 14.2. The predicted octanol–water partition coefficient (Wildman–Crippen LogP) is 4.65. The van der Waals surface area contributed by atoms with Crippen molar-refractivity contribution in [2.75, 3.05) is 6.26 Å². The summed E-state index contributed by atoms with van der Waals surface area (Å²) in [6.45, 7) is 0. The maximum absolute atomic E-state index is 11.8. The average molecular weight is 451 g/mol. The van der Waals surface area contributed by atoms with Crippen LogP contribution in [0, 0.1) is 3.57 Å². The Labute approximate surface area is 155 Å². The predicted molar refractivity (Wildman–Crippen MR) is 105 cm³/mol. The van der Waals surface area contributed by atoms with Crippen molar-refractivity contribution in [2.45, 2.75) is 29.6 Å². The summed E-state index contributed by atoms with van der Waals surface area (Å²) in [4.78, 5) is 3.65. The van der Waals surface area contributed by atoms with Crippen LogP contribution in [0.25, 0.3) is 10.9 Å². The minimum absolute atomic E-state index is 0.0508. The van der Waals surface area contributed by atoms with Crippen molar-refractivity contribution in [3.8, 4) is 0 Å². The van der Waals surface area contributed by atoms with Crippen LogP contribution in [0.5, 0.6) is 0 Å². The van der Waals surface area contributed by atoms with Gasteiger partial charge in [-0.1, -0.05) is 24.6 Å². The fourth-order valence-corrected chi connectivity index (χ4v) is 4.75. The van der Waals surface area contributed by atoms with E-state index in [1.165, 1.54) is 27.4 Å². The van der Waals surface area contributed by atoms with E-state index in [0.717, 1.165) is 23.7 Å². The molecule has 1 aliphatic rings. The molecule has 0 aliphatic heterocycles. The molecule has 5 heteroatoms. The van der Waals surface area contributed by atoms with Gasteiger partial charge in [-0.3, -0.25) is 0 Å². The number of rotatable bonds is 3. The number of aromatic amines is 1. The van der Waals surface area contributed by atoms with Gasteiger partial charge in [0.05, 0.1) is 4.90 Å². The molecule has 0 bridgehead atoms. The molecule has 1 fully saturated rings. The number of H-pyrrole nitrogens is 1. The molecule has 124 valence electrons. The van der Waals surface area contributed by atoms with E-state index in [9.17, 15) is 8.42 Å². The van der Waals surface area contributed by atoms with Crippen LogP contribution < -0.4 is 0 Å². The number of aromatic nitrogens is 1. The number of halogens is 1. The second kappa shape index (κ2) is 5.59. The molecule has 0 spiro atoms. The first-order valence-electron chi connectivity index (χ1n) is 7.98. The number of sulfone groups is 1. The summed E-state index contributed by atoms with van der Waals surface area (Å²) in [5.74, 6) is 0. The second-order valence-electron chi connectivity index (χ2n) is 6.62. The van der Waals surface area contributed by atoms with Crippen LogP contribution >= 0.6 is 22.6 Å². The highest BCUT2D eigenvalue weighted by Crippen LogP contribution is 2.51. The van der Waals surface area contributed by atoms with Gasteiger partial charge in [0.2, 0.25) is 0 Å². The zero-order chi connectivity index (χ0) is 16.9. The molecule has 24 heavy (non-hydrogen) atoms. The average Bonchev–Trinajstić information content (AvgIpc) is 2.91. The molecular weight excluding hydrogens is 433 g/mol. The number of nitrogens with one attached hydrogen (secondary N) is 1. The van der Waals surface area contributed by atoms with Crippen molar-refractivity contribution in [3.05, 3.63) is 63.4 Å². The Morgan fingerprint density at radius 1 is 1.08 bits per heavy atom. The van der Waals surface area contributed by atoms with Crippen LogP contribution in [0.1, 0.15) is 30.4 Å². The van der Waals surface area contributed by atoms with Crippen molar-refractivity contribution in [1.29, 1.82) is 0 Å². The third-order valence-corrected chi connectivity index (χ3v) is 7.03. The highest BCUT2D eigenvalue weighted by atomic mass is 127. The topological polar surface area (TPSA) is 49.9 Å². The first-order chi connectivity index (χ1) is 11.4. The van der Waals surface area contributed by atoms with E-state index in [4.69, 9.17) is 0 Å². The van der Waals surface area contributed by atoms with Crippen LogP contribution in [0.4, 0.5) is 0 Å².